The first-order valence-corrected chi connectivity index (χ1v) is 10.4. The lowest BCUT2D eigenvalue weighted by Gasteiger charge is -2.39. The van der Waals surface area contributed by atoms with E-state index in [0.717, 1.165) is 19.3 Å². The zero-order valence-corrected chi connectivity index (χ0v) is 14.3. The lowest BCUT2D eigenvalue weighted by atomic mass is 9.92. The summed E-state index contributed by atoms with van der Waals surface area (Å²) < 4.78 is 12.6. The van der Waals surface area contributed by atoms with Crippen LogP contribution in [0.25, 0.3) is 0 Å². The molecule has 1 aliphatic carbocycles. The summed E-state index contributed by atoms with van der Waals surface area (Å²) >= 11 is 0. The topological polar surface area (TPSA) is 38.7 Å². The van der Waals surface area contributed by atoms with Crippen molar-refractivity contribution in [1.82, 2.24) is 0 Å². The van der Waals surface area contributed by atoms with Gasteiger partial charge in [0.2, 0.25) is 0 Å². The highest BCUT2D eigenvalue weighted by Gasteiger charge is 2.53. The molecule has 3 nitrogen and oxygen atoms in total. The summed E-state index contributed by atoms with van der Waals surface area (Å²) in [5.41, 5.74) is -0.0690. The van der Waals surface area contributed by atoms with Crippen LogP contribution < -0.4 is 0 Å². The molecule has 1 heterocycles. The lowest BCUT2D eigenvalue weighted by Crippen LogP contribution is -2.44. The minimum absolute atomic E-state index is 0.0452. The standard InChI is InChI=1S/C15H30O3Si/c1-14(2,3)19(5,6)18-12-7-11-8-13(10-16)17-15(11,4)9-12/h11-13,16H,7-10H2,1-6H3/t11-,12-,13+,15-/m0/s1. The first-order valence-electron chi connectivity index (χ1n) is 7.54. The van der Waals surface area contributed by atoms with E-state index in [1.165, 1.54) is 0 Å². The predicted octanol–water partition coefficient (Wildman–Crippen LogP) is 3.33. The van der Waals surface area contributed by atoms with E-state index in [-0.39, 0.29) is 23.4 Å². The molecule has 0 aromatic carbocycles. The summed E-state index contributed by atoms with van der Waals surface area (Å²) in [6.07, 6.45) is 3.46. The van der Waals surface area contributed by atoms with Gasteiger partial charge in [-0.1, -0.05) is 20.8 Å². The molecule has 4 atom stereocenters. The number of hydrogen-bond donors (Lipinski definition) is 1. The number of rotatable bonds is 3. The van der Waals surface area contributed by atoms with Crippen molar-refractivity contribution >= 4 is 8.32 Å². The molecule has 0 radical (unpaired) electrons. The molecule has 1 aliphatic heterocycles. The Balaban J connectivity index is 1.98. The predicted molar refractivity (Wildman–Crippen MR) is 79.8 cm³/mol. The molecule has 2 aliphatic rings. The second-order valence-corrected chi connectivity index (χ2v) is 12.9. The Morgan fingerprint density at radius 3 is 2.42 bits per heavy atom. The highest BCUT2D eigenvalue weighted by atomic mass is 28.4. The summed E-state index contributed by atoms with van der Waals surface area (Å²) in [7, 11) is -1.68. The van der Waals surface area contributed by atoms with E-state index in [4.69, 9.17) is 9.16 Å². The van der Waals surface area contributed by atoms with E-state index in [1.807, 2.05) is 0 Å². The molecule has 4 heteroatoms. The third kappa shape index (κ3) is 2.92. The fourth-order valence-electron chi connectivity index (χ4n) is 3.30. The van der Waals surface area contributed by atoms with Crippen molar-refractivity contribution in [2.24, 2.45) is 5.92 Å². The van der Waals surface area contributed by atoms with Crippen LogP contribution in [-0.2, 0) is 9.16 Å². The minimum atomic E-state index is -1.68. The quantitative estimate of drug-likeness (QED) is 0.809. The molecule has 112 valence electrons. The highest BCUT2D eigenvalue weighted by molar-refractivity contribution is 6.74. The molecule has 0 unspecified atom stereocenters. The van der Waals surface area contributed by atoms with E-state index < -0.39 is 8.32 Å². The van der Waals surface area contributed by atoms with Gasteiger partial charge in [-0.05, 0) is 43.8 Å². The summed E-state index contributed by atoms with van der Waals surface area (Å²) in [6.45, 7) is 13.9. The monoisotopic (exact) mass is 286 g/mol. The van der Waals surface area contributed by atoms with Crippen LogP contribution in [-0.4, -0.2) is 37.8 Å². The minimum Gasteiger partial charge on any atom is -0.414 e. The Hall–Kier alpha value is 0.0969. The van der Waals surface area contributed by atoms with Gasteiger partial charge in [0.05, 0.1) is 18.3 Å². The third-order valence-electron chi connectivity index (χ3n) is 5.50. The number of ether oxygens (including phenoxy) is 1. The molecule has 0 aromatic heterocycles. The van der Waals surface area contributed by atoms with Crippen molar-refractivity contribution in [1.29, 1.82) is 0 Å². The van der Waals surface area contributed by atoms with Crippen LogP contribution in [0.1, 0.15) is 47.0 Å². The maximum atomic E-state index is 9.25. The Morgan fingerprint density at radius 1 is 1.32 bits per heavy atom. The summed E-state index contributed by atoms with van der Waals surface area (Å²) in [6, 6.07) is 0. The van der Waals surface area contributed by atoms with Gasteiger partial charge >= 0.3 is 0 Å². The van der Waals surface area contributed by atoms with Crippen LogP contribution >= 0.6 is 0 Å². The molecule has 1 saturated carbocycles. The van der Waals surface area contributed by atoms with Crippen LogP contribution in [0, 0.1) is 5.92 Å². The molecular weight excluding hydrogens is 256 g/mol. The summed E-state index contributed by atoms with van der Waals surface area (Å²) in [4.78, 5) is 0. The van der Waals surface area contributed by atoms with Gasteiger partial charge in [-0.3, -0.25) is 0 Å². The van der Waals surface area contributed by atoms with Gasteiger partial charge in [0.1, 0.15) is 0 Å². The number of aliphatic hydroxyl groups excluding tert-OH is 1. The zero-order valence-electron chi connectivity index (χ0n) is 13.3. The van der Waals surface area contributed by atoms with Crippen molar-refractivity contribution in [3.05, 3.63) is 0 Å². The first-order chi connectivity index (χ1) is 8.57. The highest BCUT2D eigenvalue weighted by Crippen LogP contribution is 2.50. The normalized spacial score (nSPS) is 39.6. The molecule has 1 saturated heterocycles. The van der Waals surface area contributed by atoms with Crippen LogP contribution in [0.3, 0.4) is 0 Å². The van der Waals surface area contributed by atoms with E-state index >= 15 is 0 Å². The van der Waals surface area contributed by atoms with Gasteiger partial charge in [-0.15, -0.1) is 0 Å². The Bertz CT molecular complexity index is 337. The van der Waals surface area contributed by atoms with Crippen LogP contribution in [0.4, 0.5) is 0 Å². The van der Waals surface area contributed by atoms with Crippen molar-refractivity contribution in [2.75, 3.05) is 6.61 Å². The lowest BCUT2D eigenvalue weighted by molar-refractivity contribution is -0.0598. The zero-order chi connectivity index (χ0) is 14.5. The molecule has 2 rings (SSSR count). The number of aliphatic hydroxyl groups is 1. The molecule has 0 aromatic rings. The fraction of sp³-hybridized carbons (Fsp3) is 1.00. The number of fused-ring (bicyclic) bond motifs is 1. The Kier molecular flexibility index (Phi) is 3.94. The second-order valence-electron chi connectivity index (χ2n) is 8.11. The van der Waals surface area contributed by atoms with Gasteiger partial charge < -0.3 is 14.3 Å². The van der Waals surface area contributed by atoms with Crippen LogP contribution in [0.2, 0.25) is 18.1 Å². The average Bonchev–Trinajstić information content (AvgIpc) is 2.66. The van der Waals surface area contributed by atoms with Crippen LogP contribution in [0.5, 0.6) is 0 Å². The fourth-order valence-corrected chi connectivity index (χ4v) is 4.67. The second kappa shape index (κ2) is 4.83. The van der Waals surface area contributed by atoms with Crippen molar-refractivity contribution in [2.45, 2.75) is 82.9 Å². The van der Waals surface area contributed by atoms with Gasteiger partial charge in [0, 0.05) is 12.5 Å². The van der Waals surface area contributed by atoms with E-state index in [2.05, 4.69) is 40.8 Å². The van der Waals surface area contributed by atoms with E-state index in [0.29, 0.717) is 12.0 Å². The molecule has 0 amide bonds. The van der Waals surface area contributed by atoms with Crippen molar-refractivity contribution < 1.29 is 14.3 Å². The molecule has 19 heavy (non-hydrogen) atoms. The summed E-state index contributed by atoms with van der Waals surface area (Å²) in [5, 5.41) is 9.51. The molecular formula is C15H30O3Si. The molecule has 0 bridgehead atoms. The maximum absolute atomic E-state index is 9.25. The van der Waals surface area contributed by atoms with Gasteiger partial charge in [-0.2, -0.15) is 0 Å². The maximum Gasteiger partial charge on any atom is 0.192 e. The Labute approximate surface area is 118 Å². The largest absolute Gasteiger partial charge is 0.414 e. The van der Waals surface area contributed by atoms with E-state index in [9.17, 15) is 5.11 Å². The van der Waals surface area contributed by atoms with Gasteiger partial charge in [-0.25, -0.2) is 0 Å². The molecule has 1 N–H and O–H groups in total. The van der Waals surface area contributed by atoms with Crippen LogP contribution in [0.15, 0.2) is 0 Å². The Morgan fingerprint density at radius 2 is 1.95 bits per heavy atom. The average molecular weight is 286 g/mol. The molecule has 2 fully saturated rings. The smallest absolute Gasteiger partial charge is 0.192 e. The van der Waals surface area contributed by atoms with Gasteiger partial charge in [0.15, 0.2) is 8.32 Å². The number of hydrogen-bond acceptors (Lipinski definition) is 3. The SMILES string of the molecule is CC(C)(C)[Si](C)(C)O[C@H]1C[C@H]2C[C@H](CO)O[C@@]2(C)C1. The third-order valence-corrected chi connectivity index (χ3v) is 10.0. The van der Waals surface area contributed by atoms with Crippen molar-refractivity contribution in [3.8, 4) is 0 Å². The van der Waals surface area contributed by atoms with Crippen molar-refractivity contribution in [3.63, 3.8) is 0 Å². The summed E-state index contributed by atoms with van der Waals surface area (Å²) in [5.74, 6) is 0.555. The van der Waals surface area contributed by atoms with Gasteiger partial charge in [0.25, 0.3) is 0 Å². The first kappa shape index (κ1) is 15.5. The molecule has 0 spiro atoms. The van der Waals surface area contributed by atoms with E-state index in [1.54, 1.807) is 0 Å².